The van der Waals surface area contributed by atoms with Crippen molar-refractivity contribution in [3.8, 4) is 5.75 Å². The van der Waals surface area contributed by atoms with Gasteiger partial charge in [-0.3, -0.25) is 0 Å². The average Bonchev–Trinajstić information content (AvgIpc) is 2.36. The molecule has 0 spiro atoms. The molecule has 3 N–H and O–H groups in total. The number of hydrogen-bond acceptors (Lipinski definition) is 3. The third kappa shape index (κ3) is 6.40. The lowest BCUT2D eigenvalue weighted by Crippen LogP contribution is -2.46. The summed E-state index contributed by atoms with van der Waals surface area (Å²) in [5.41, 5.74) is -0.284. The molecule has 0 aromatic heterocycles. The highest BCUT2D eigenvalue weighted by atomic mass is 19.3. The van der Waals surface area contributed by atoms with Gasteiger partial charge in [0.25, 0.3) is 6.43 Å². The Kier molecular flexibility index (Phi) is 6.36. The minimum absolute atomic E-state index is 0.0542. The minimum Gasteiger partial charge on any atom is -0.485 e. The van der Waals surface area contributed by atoms with E-state index in [1.165, 1.54) is 6.07 Å². The van der Waals surface area contributed by atoms with Gasteiger partial charge in [0.2, 0.25) is 0 Å². The molecule has 1 aromatic carbocycles. The quantitative estimate of drug-likeness (QED) is 0.725. The lowest BCUT2D eigenvalue weighted by atomic mass is 10.0. The van der Waals surface area contributed by atoms with Crippen LogP contribution >= 0.6 is 0 Å². The SMILES string of the molecule is CC(C)(CCO)NC(=O)Nc1ccccc1OCC(F)F. The smallest absolute Gasteiger partial charge is 0.319 e. The van der Waals surface area contributed by atoms with E-state index in [-0.39, 0.29) is 12.4 Å². The first kappa shape index (κ1) is 17.2. The zero-order chi connectivity index (χ0) is 15.9. The largest absolute Gasteiger partial charge is 0.485 e. The molecule has 2 amide bonds. The minimum atomic E-state index is -2.59. The maximum Gasteiger partial charge on any atom is 0.319 e. The van der Waals surface area contributed by atoms with Gasteiger partial charge < -0.3 is 20.5 Å². The second-order valence-corrected chi connectivity index (χ2v) is 5.13. The number of benzene rings is 1. The Balaban J connectivity index is 2.67. The van der Waals surface area contributed by atoms with Crippen molar-refractivity contribution >= 4 is 11.7 Å². The zero-order valence-corrected chi connectivity index (χ0v) is 12.0. The first-order valence-corrected chi connectivity index (χ1v) is 6.54. The van der Waals surface area contributed by atoms with Crippen LogP contribution in [-0.4, -0.2) is 36.3 Å². The molecule has 0 aliphatic heterocycles. The predicted octanol–water partition coefficient (Wildman–Crippen LogP) is 2.61. The Morgan fingerprint density at radius 2 is 2.05 bits per heavy atom. The van der Waals surface area contributed by atoms with Gasteiger partial charge in [0.1, 0.15) is 12.4 Å². The molecule has 0 radical (unpaired) electrons. The van der Waals surface area contributed by atoms with Gasteiger partial charge in [-0.2, -0.15) is 0 Å². The standard InChI is InChI=1S/C14H20F2N2O3/c1-14(2,7-8-19)18-13(20)17-10-5-3-4-6-11(10)21-9-12(15)16/h3-6,12,19H,7-9H2,1-2H3,(H2,17,18,20). The predicted molar refractivity (Wildman–Crippen MR) is 75.9 cm³/mol. The van der Waals surface area contributed by atoms with Crippen LogP contribution in [0, 0.1) is 0 Å². The van der Waals surface area contributed by atoms with Crippen LogP contribution < -0.4 is 15.4 Å². The highest BCUT2D eigenvalue weighted by molar-refractivity contribution is 5.91. The van der Waals surface area contributed by atoms with E-state index in [0.29, 0.717) is 12.1 Å². The number of amides is 2. The Bertz CT molecular complexity index is 467. The lowest BCUT2D eigenvalue weighted by Gasteiger charge is -2.25. The first-order chi connectivity index (χ1) is 9.84. The number of aliphatic hydroxyl groups is 1. The molecule has 1 rings (SSSR count). The number of nitrogens with one attached hydrogen (secondary N) is 2. The molecule has 1 aromatic rings. The highest BCUT2D eigenvalue weighted by Gasteiger charge is 2.20. The summed E-state index contributed by atoms with van der Waals surface area (Å²) >= 11 is 0. The van der Waals surface area contributed by atoms with E-state index in [1.807, 2.05) is 0 Å². The molecular formula is C14H20F2N2O3. The molecule has 0 fully saturated rings. The van der Waals surface area contributed by atoms with Crippen molar-refractivity contribution in [3.05, 3.63) is 24.3 Å². The van der Waals surface area contributed by atoms with E-state index in [4.69, 9.17) is 9.84 Å². The molecule has 0 heterocycles. The van der Waals surface area contributed by atoms with Crippen molar-refractivity contribution in [3.63, 3.8) is 0 Å². The Labute approximate surface area is 122 Å². The van der Waals surface area contributed by atoms with Gasteiger partial charge in [-0.05, 0) is 32.4 Å². The third-order valence-electron chi connectivity index (χ3n) is 2.69. The molecule has 5 nitrogen and oxygen atoms in total. The van der Waals surface area contributed by atoms with E-state index in [9.17, 15) is 13.6 Å². The number of anilines is 1. The fraction of sp³-hybridized carbons (Fsp3) is 0.500. The summed E-state index contributed by atoms with van der Waals surface area (Å²) in [7, 11) is 0. The summed E-state index contributed by atoms with van der Waals surface area (Å²) in [6, 6.07) is 5.83. The lowest BCUT2D eigenvalue weighted by molar-refractivity contribution is 0.0823. The van der Waals surface area contributed by atoms with E-state index in [0.717, 1.165) is 0 Å². The first-order valence-electron chi connectivity index (χ1n) is 6.54. The number of alkyl halides is 2. The summed E-state index contributed by atoms with van der Waals surface area (Å²) in [6.45, 7) is 2.74. The molecule has 0 aliphatic rings. The van der Waals surface area contributed by atoms with Gasteiger partial charge >= 0.3 is 6.03 Å². The second kappa shape index (κ2) is 7.78. The number of rotatable bonds is 7. The summed E-state index contributed by atoms with van der Waals surface area (Å²) < 4.78 is 29.3. The molecule has 0 atom stereocenters. The number of ether oxygens (including phenoxy) is 1. The Hall–Kier alpha value is -1.89. The van der Waals surface area contributed by atoms with Gasteiger partial charge in [-0.15, -0.1) is 0 Å². The van der Waals surface area contributed by atoms with Crippen LogP contribution in [0.25, 0.3) is 0 Å². The Morgan fingerprint density at radius 3 is 2.67 bits per heavy atom. The van der Waals surface area contributed by atoms with E-state index in [2.05, 4.69) is 10.6 Å². The maximum atomic E-state index is 12.2. The van der Waals surface area contributed by atoms with Crippen LogP contribution in [-0.2, 0) is 0 Å². The van der Waals surface area contributed by atoms with Crippen molar-refractivity contribution in [2.24, 2.45) is 0 Å². The second-order valence-electron chi connectivity index (χ2n) is 5.13. The molecule has 7 heteroatoms. The van der Waals surface area contributed by atoms with E-state index in [1.54, 1.807) is 32.0 Å². The van der Waals surface area contributed by atoms with Gasteiger partial charge in [0.15, 0.2) is 0 Å². The van der Waals surface area contributed by atoms with Crippen LogP contribution in [0.1, 0.15) is 20.3 Å². The van der Waals surface area contributed by atoms with Gasteiger partial charge in [0, 0.05) is 12.1 Å². The summed E-state index contributed by atoms with van der Waals surface area (Å²) in [4.78, 5) is 11.9. The molecule has 0 bridgehead atoms. The number of carbonyl (C=O) groups is 1. The average molecular weight is 302 g/mol. The highest BCUT2D eigenvalue weighted by Crippen LogP contribution is 2.24. The molecular weight excluding hydrogens is 282 g/mol. The summed E-state index contributed by atoms with van der Waals surface area (Å²) in [6.07, 6.45) is -2.19. The van der Waals surface area contributed by atoms with Crippen molar-refractivity contribution in [2.45, 2.75) is 32.2 Å². The van der Waals surface area contributed by atoms with Crippen LogP contribution in [0.5, 0.6) is 5.75 Å². The summed E-state index contributed by atoms with van der Waals surface area (Å²) in [5.74, 6) is 0.174. The molecule has 21 heavy (non-hydrogen) atoms. The van der Waals surface area contributed by atoms with E-state index < -0.39 is 24.6 Å². The van der Waals surface area contributed by atoms with Crippen molar-refractivity contribution < 1.29 is 23.4 Å². The fourth-order valence-electron chi connectivity index (χ4n) is 1.65. The van der Waals surface area contributed by atoms with E-state index >= 15 is 0 Å². The molecule has 0 aliphatic carbocycles. The van der Waals surface area contributed by atoms with Crippen LogP contribution in [0.3, 0.4) is 0 Å². The van der Waals surface area contributed by atoms with Gasteiger partial charge in [-0.1, -0.05) is 12.1 Å². The number of urea groups is 1. The molecule has 0 unspecified atom stereocenters. The van der Waals surface area contributed by atoms with Crippen molar-refractivity contribution in [1.82, 2.24) is 5.32 Å². The van der Waals surface area contributed by atoms with Crippen molar-refractivity contribution in [1.29, 1.82) is 0 Å². The normalized spacial score (nSPS) is 11.3. The van der Waals surface area contributed by atoms with Crippen LogP contribution in [0.4, 0.5) is 19.3 Å². The number of halogens is 2. The molecule has 118 valence electrons. The van der Waals surface area contributed by atoms with Crippen molar-refractivity contribution in [2.75, 3.05) is 18.5 Å². The van der Waals surface area contributed by atoms with Gasteiger partial charge in [0.05, 0.1) is 5.69 Å². The zero-order valence-electron chi connectivity index (χ0n) is 12.0. The van der Waals surface area contributed by atoms with Gasteiger partial charge in [-0.25, -0.2) is 13.6 Å². The number of para-hydroxylation sites is 2. The molecule has 0 saturated heterocycles. The number of hydrogen-bond donors (Lipinski definition) is 3. The Morgan fingerprint density at radius 1 is 1.38 bits per heavy atom. The summed E-state index contributed by atoms with van der Waals surface area (Å²) in [5, 5.41) is 14.1. The third-order valence-corrected chi connectivity index (χ3v) is 2.69. The topological polar surface area (TPSA) is 70.6 Å². The van der Waals surface area contributed by atoms with Crippen LogP contribution in [0.2, 0.25) is 0 Å². The maximum absolute atomic E-state index is 12.2. The number of aliphatic hydroxyl groups excluding tert-OH is 1. The van der Waals surface area contributed by atoms with Crippen LogP contribution in [0.15, 0.2) is 24.3 Å². The fourth-order valence-corrected chi connectivity index (χ4v) is 1.65. The molecule has 0 saturated carbocycles. The number of carbonyl (C=O) groups excluding carboxylic acids is 1. The monoisotopic (exact) mass is 302 g/mol.